The Balaban J connectivity index is 1.29. The number of esters is 2. The first-order valence-electron chi connectivity index (χ1n) is 14.5. The summed E-state index contributed by atoms with van der Waals surface area (Å²) in [6.45, 7) is 1.97. The van der Waals surface area contributed by atoms with Crippen molar-refractivity contribution in [2.24, 2.45) is 0 Å². The van der Waals surface area contributed by atoms with Gasteiger partial charge in [0.1, 0.15) is 11.9 Å². The Kier molecular flexibility index (Phi) is 7.44. The molecule has 2 aliphatic heterocycles. The number of piperidine rings is 1. The Hall–Kier alpha value is -3.93. The molecule has 6 rings (SSSR count). The number of hydrogen-bond acceptors (Lipinski definition) is 10. The lowest BCUT2D eigenvalue weighted by molar-refractivity contribution is -0.176. The van der Waals surface area contributed by atoms with E-state index in [1.165, 1.54) is 6.92 Å². The predicted molar refractivity (Wildman–Crippen MR) is 152 cm³/mol. The highest BCUT2D eigenvalue weighted by Crippen LogP contribution is 2.65. The fourth-order valence-electron chi connectivity index (χ4n) is 7.26. The minimum Gasteiger partial charge on any atom is -0.493 e. The van der Waals surface area contributed by atoms with Crippen molar-refractivity contribution in [2.45, 2.75) is 68.0 Å². The summed E-state index contributed by atoms with van der Waals surface area (Å²) >= 11 is 0. The summed E-state index contributed by atoms with van der Waals surface area (Å²) in [4.78, 5) is 40.3. The van der Waals surface area contributed by atoms with Gasteiger partial charge in [-0.2, -0.15) is 0 Å². The molecule has 0 aromatic heterocycles. The fourth-order valence-corrected chi connectivity index (χ4v) is 7.26. The number of rotatable bonds is 9. The number of likely N-dealkylation sites (tertiary alicyclic amines) is 1. The molecule has 2 heterocycles. The summed E-state index contributed by atoms with van der Waals surface area (Å²) in [7, 11) is 3.59. The van der Waals surface area contributed by atoms with E-state index in [4.69, 9.17) is 18.9 Å². The molecular weight excluding hydrogens is 556 g/mol. The average Bonchev–Trinajstić information content (AvgIpc) is 3.35. The second kappa shape index (κ2) is 11.0. The van der Waals surface area contributed by atoms with Crippen molar-refractivity contribution >= 4 is 17.8 Å². The van der Waals surface area contributed by atoms with Gasteiger partial charge in [-0.15, -0.1) is 0 Å². The van der Waals surface area contributed by atoms with Crippen LogP contribution in [0.5, 0.6) is 11.5 Å². The molecule has 2 aliphatic carbocycles. The summed E-state index contributed by atoms with van der Waals surface area (Å²) < 4.78 is 23.8. The van der Waals surface area contributed by atoms with Crippen LogP contribution in [0.2, 0.25) is 0 Å². The molecule has 1 amide bonds. The largest absolute Gasteiger partial charge is 0.493 e. The second-order valence-electron chi connectivity index (χ2n) is 11.7. The van der Waals surface area contributed by atoms with Crippen molar-refractivity contribution in [1.82, 2.24) is 10.2 Å². The molecule has 2 unspecified atom stereocenters. The minimum atomic E-state index is -1.38. The van der Waals surface area contributed by atoms with Crippen LogP contribution in [0.4, 0.5) is 0 Å². The molecule has 6 atom stereocenters. The highest BCUT2D eigenvalue weighted by Gasteiger charge is 2.72. The fraction of sp³-hybridized carbons (Fsp3) is 0.469. The van der Waals surface area contributed by atoms with Gasteiger partial charge in [-0.1, -0.05) is 36.4 Å². The Morgan fingerprint density at radius 2 is 1.95 bits per heavy atom. The molecule has 4 aliphatic rings. The average molecular weight is 593 g/mol. The predicted octanol–water partition coefficient (Wildman–Crippen LogP) is 1.69. The maximum absolute atomic E-state index is 13.8. The summed E-state index contributed by atoms with van der Waals surface area (Å²) in [5, 5.41) is 24.2. The standard InChI is InChI=1S/C32H36N2O9/c1-18(35)29(37)33-15-12-24(36)42-26(19-7-5-4-6-8-19)30(38)41-22-11-13-32(39)23-17-20-9-10-21(40-3)27-25(20)31(32,28(22)43-27)14-16-34(23)2/h4-11,18,23,26,28,35,39H,12-17H2,1-3H3,(H,33,37)/t18-,23+,26-,28?,31?,32+/m0/s1. The van der Waals surface area contributed by atoms with Gasteiger partial charge in [0.25, 0.3) is 0 Å². The molecular formula is C32H36N2O9. The number of likely N-dealkylation sites (N-methyl/N-ethyl adjacent to an activating group) is 1. The van der Waals surface area contributed by atoms with Gasteiger partial charge in [0.05, 0.1) is 24.5 Å². The lowest BCUT2D eigenvalue weighted by atomic mass is 9.50. The van der Waals surface area contributed by atoms with E-state index in [0.29, 0.717) is 29.9 Å². The van der Waals surface area contributed by atoms with Crippen molar-refractivity contribution in [2.75, 3.05) is 27.2 Å². The van der Waals surface area contributed by atoms with Crippen molar-refractivity contribution in [3.63, 3.8) is 0 Å². The number of nitrogens with one attached hydrogen (secondary N) is 1. The Morgan fingerprint density at radius 3 is 2.67 bits per heavy atom. The van der Waals surface area contributed by atoms with Crippen LogP contribution in [0.3, 0.4) is 0 Å². The van der Waals surface area contributed by atoms with E-state index >= 15 is 0 Å². The van der Waals surface area contributed by atoms with Gasteiger partial charge in [-0.3, -0.25) is 9.59 Å². The molecule has 1 fully saturated rings. The van der Waals surface area contributed by atoms with Crippen molar-refractivity contribution < 1.29 is 43.5 Å². The zero-order chi connectivity index (χ0) is 30.5. The number of aliphatic hydroxyl groups is 2. The molecule has 2 aromatic carbocycles. The van der Waals surface area contributed by atoms with Crippen LogP contribution in [0, 0.1) is 0 Å². The summed E-state index contributed by atoms with van der Waals surface area (Å²) in [5.74, 6) is -0.802. The van der Waals surface area contributed by atoms with E-state index in [0.717, 1.165) is 17.7 Å². The van der Waals surface area contributed by atoms with Crippen LogP contribution in [-0.2, 0) is 35.7 Å². The first-order chi connectivity index (χ1) is 20.6. The SMILES string of the molecule is COc1ccc2c3c1OC1C(OC(=O)[C@@H](OC(=O)CCNC(=O)[C@H](C)O)c4ccccc4)=CC[C@@]4(O)[C@@H](C2)N(C)CCC314. The number of hydrogen-bond donors (Lipinski definition) is 3. The molecule has 0 saturated carbocycles. The molecule has 43 heavy (non-hydrogen) atoms. The summed E-state index contributed by atoms with van der Waals surface area (Å²) in [6, 6.07) is 12.3. The Labute approximate surface area is 249 Å². The number of ether oxygens (including phenoxy) is 4. The molecule has 1 saturated heterocycles. The van der Waals surface area contributed by atoms with Gasteiger partial charge >= 0.3 is 11.9 Å². The van der Waals surface area contributed by atoms with Crippen molar-refractivity contribution in [3.8, 4) is 11.5 Å². The normalized spacial score (nSPS) is 28.0. The zero-order valence-electron chi connectivity index (χ0n) is 24.4. The molecule has 228 valence electrons. The highest BCUT2D eigenvalue weighted by atomic mass is 16.6. The highest BCUT2D eigenvalue weighted by molar-refractivity contribution is 5.83. The van der Waals surface area contributed by atoms with Gasteiger partial charge in [0.15, 0.2) is 17.6 Å². The number of methoxy groups -OCH3 is 1. The van der Waals surface area contributed by atoms with Crippen molar-refractivity contribution in [1.29, 1.82) is 0 Å². The van der Waals surface area contributed by atoms with Crippen LogP contribution in [0.1, 0.15) is 49.0 Å². The molecule has 1 spiro atoms. The van der Waals surface area contributed by atoms with E-state index in [2.05, 4.69) is 10.2 Å². The summed E-state index contributed by atoms with van der Waals surface area (Å²) in [5.41, 5.74) is 0.387. The van der Waals surface area contributed by atoms with Gasteiger partial charge in [0.2, 0.25) is 12.0 Å². The van der Waals surface area contributed by atoms with Crippen LogP contribution >= 0.6 is 0 Å². The smallest absolute Gasteiger partial charge is 0.357 e. The number of carbonyl (C=O) groups is 3. The molecule has 2 aromatic rings. The van der Waals surface area contributed by atoms with E-state index in [-0.39, 0.29) is 31.2 Å². The number of nitrogens with zero attached hydrogens (tertiary/aromatic N) is 1. The van der Waals surface area contributed by atoms with E-state index in [1.807, 2.05) is 19.2 Å². The van der Waals surface area contributed by atoms with Gasteiger partial charge < -0.3 is 39.4 Å². The molecule has 11 heteroatoms. The van der Waals surface area contributed by atoms with Gasteiger partial charge in [-0.25, -0.2) is 4.79 Å². The molecule has 3 N–H and O–H groups in total. The quantitative estimate of drug-likeness (QED) is 0.368. The van der Waals surface area contributed by atoms with Crippen molar-refractivity contribution in [3.05, 3.63) is 71.0 Å². The Bertz CT molecular complexity index is 1470. The number of amides is 1. The van der Waals surface area contributed by atoms with Crippen LogP contribution in [0.25, 0.3) is 0 Å². The molecule has 11 nitrogen and oxygen atoms in total. The van der Waals surface area contributed by atoms with E-state index < -0.39 is 47.2 Å². The van der Waals surface area contributed by atoms with Crippen LogP contribution < -0.4 is 14.8 Å². The van der Waals surface area contributed by atoms with Gasteiger partial charge in [-0.05, 0) is 51.1 Å². The Morgan fingerprint density at radius 1 is 1.19 bits per heavy atom. The topological polar surface area (TPSA) is 144 Å². The number of carbonyl (C=O) groups excluding carboxylic acids is 3. The van der Waals surface area contributed by atoms with Crippen LogP contribution in [-0.4, -0.2) is 84.1 Å². The third-order valence-corrected chi connectivity index (χ3v) is 9.35. The van der Waals surface area contributed by atoms with E-state index in [9.17, 15) is 24.6 Å². The maximum atomic E-state index is 13.8. The third kappa shape index (κ3) is 4.57. The number of benzene rings is 2. The van der Waals surface area contributed by atoms with Crippen LogP contribution in [0.15, 0.2) is 54.3 Å². The lowest BCUT2D eigenvalue weighted by Crippen LogP contribution is -2.74. The summed E-state index contributed by atoms with van der Waals surface area (Å²) in [6.07, 6.45) is -0.404. The first kappa shape index (κ1) is 29.2. The minimum absolute atomic E-state index is 0.0701. The maximum Gasteiger partial charge on any atom is 0.357 e. The van der Waals surface area contributed by atoms with Gasteiger partial charge in [0, 0.05) is 30.1 Å². The zero-order valence-corrected chi connectivity index (χ0v) is 24.4. The second-order valence-corrected chi connectivity index (χ2v) is 11.7. The third-order valence-electron chi connectivity index (χ3n) is 9.35. The number of aliphatic hydroxyl groups excluding tert-OH is 1. The first-order valence-corrected chi connectivity index (χ1v) is 14.5. The molecule has 0 radical (unpaired) electrons. The lowest BCUT2D eigenvalue weighted by Gasteiger charge is -2.61. The molecule has 2 bridgehead atoms. The van der Waals surface area contributed by atoms with E-state index in [1.54, 1.807) is 43.5 Å². The monoisotopic (exact) mass is 592 g/mol.